The van der Waals surface area contributed by atoms with E-state index in [0.717, 1.165) is 16.9 Å². The van der Waals surface area contributed by atoms with Crippen LogP contribution in [-0.2, 0) is 13.0 Å². The van der Waals surface area contributed by atoms with E-state index >= 15 is 0 Å². The molecule has 0 unspecified atom stereocenters. The van der Waals surface area contributed by atoms with E-state index in [-0.39, 0.29) is 11.6 Å². The number of nitro groups is 1. The monoisotopic (exact) mass is 450 g/mol. The highest BCUT2D eigenvalue weighted by Gasteiger charge is 2.18. The highest BCUT2D eigenvalue weighted by atomic mass is 16.6. The normalized spacial score (nSPS) is 10.4. The van der Waals surface area contributed by atoms with Gasteiger partial charge in [-0.1, -0.05) is 18.2 Å². The lowest BCUT2D eigenvalue weighted by molar-refractivity contribution is -0.384. The zero-order chi connectivity index (χ0) is 23.8. The highest BCUT2D eigenvalue weighted by molar-refractivity contribution is 5.94. The number of hydrogen-bond acceptors (Lipinski definition) is 6. The van der Waals surface area contributed by atoms with Crippen molar-refractivity contribution in [3.05, 3.63) is 93.5 Å². The Labute approximate surface area is 192 Å². The Bertz CT molecular complexity index is 1100. The average molecular weight is 450 g/mol. The third kappa shape index (κ3) is 6.00. The molecule has 0 atom stereocenters. The minimum atomic E-state index is -0.486. The van der Waals surface area contributed by atoms with Crippen LogP contribution in [0.3, 0.4) is 0 Å². The molecule has 33 heavy (non-hydrogen) atoms. The molecule has 0 heterocycles. The standard InChI is InChI=1S/C25H26N2O6/c1-31-22-11-4-19(5-12-22)17-26(25(28)20-7-9-21(10-8-20)27(29)30)15-14-18-6-13-23(32-2)24(16-18)33-3/h4-13,16H,14-15,17H2,1-3H3. The van der Waals surface area contributed by atoms with Crippen molar-refractivity contribution in [3.8, 4) is 17.2 Å². The van der Waals surface area contributed by atoms with E-state index in [0.29, 0.717) is 36.6 Å². The highest BCUT2D eigenvalue weighted by Crippen LogP contribution is 2.28. The van der Waals surface area contributed by atoms with E-state index in [1.165, 1.54) is 24.3 Å². The van der Waals surface area contributed by atoms with Crippen LogP contribution in [0.2, 0.25) is 0 Å². The molecule has 8 nitrogen and oxygen atoms in total. The molecule has 0 radical (unpaired) electrons. The van der Waals surface area contributed by atoms with Crippen LogP contribution >= 0.6 is 0 Å². The number of carbonyl (C=O) groups is 1. The van der Waals surface area contributed by atoms with Crippen molar-refractivity contribution >= 4 is 11.6 Å². The van der Waals surface area contributed by atoms with Gasteiger partial charge in [-0.05, 0) is 53.9 Å². The fourth-order valence-electron chi connectivity index (χ4n) is 3.41. The molecule has 0 N–H and O–H groups in total. The lowest BCUT2D eigenvalue weighted by atomic mass is 10.1. The molecule has 0 aliphatic rings. The summed E-state index contributed by atoms with van der Waals surface area (Å²) in [6.45, 7) is 0.824. The zero-order valence-corrected chi connectivity index (χ0v) is 18.8. The van der Waals surface area contributed by atoms with Gasteiger partial charge in [-0.2, -0.15) is 0 Å². The van der Waals surface area contributed by atoms with Gasteiger partial charge in [-0.25, -0.2) is 0 Å². The van der Waals surface area contributed by atoms with Crippen LogP contribution in [0.25, 0.3) is 0 Å². The molecule has 0 saturated heterocycles. The van der Waals surface area contributed by atoms with Crippen molar-refractivity contribution < 1.29 is 23.9 Å². The van der Waals surface area contributed by atoms with Gasteiger partial charge in [0, 0.05) is 30.8 Å². The van der Waals surface area contributed by atoms with Gasteiger partial charge in [0.15, 0.2) is 11.5 Å². The molecular weight excluding hydrogens is 424 g/mol. The Morgan fingerprint density at radius 3 is 2.06 bits per heavy atom. The van der Waals surface area contributed by atoms with Gasteiger partial charge < -0.3 is 19.1 Å². The number of rotatable bonds is 10. The molecule has 0 aliphatic heterocycles. The average Bonchev–Trinajstić information content (AvgIpc) is 2.86. The van der Waals surface area contributed by atoms with Crippen LogP contribution in [0.1, 0.15) is 21.5 Å². The van der Waals surface area contributed by atoms with E-state index in [1.54, 1.807) is 26.2 Å². The number of non-ortho nitro benzene ring substituents is 1. The van der Waals surface area contributed by atoms with E-state index in [4.69, 9.17) is 14.2 Å². The maximum Gasteiger partial charge on any atom is 0.269 e. The molecule has 0 spiro atoms. The van der Waals surface area contributed by atoms with Crippen LogP contribution in [-0.4, -0.2) is 43.6 Å². The summed E-state index contributed by atoms with van der Waals surface area (Å²) in [5.74, 6) is 1.79. The summed E-state index contributed by atoms with van der Waals surface area (Å²) in [5.41, 5.74) is 2.27. The molecule has 1 amide bonds. The number of methoxy groups -OCH3 is 3. The molecule has 3 rings (SSSR count). The van der Waals surface area contributed by atoms with E-state index in [9.17, 15) is 14.9 Å². The molecule has 8 heteroatoms. The summed E-state index contributed by atoms with van der Waals surface area (Å²) in [6, 6.07) is 18.8. The lowest BCUT2D eigenvalue weighted by Crippen LogP contribution is -2.32. The van der Waals surface area contributed by atoms with E-state index in [2.05, 4.69) is 0 Å². The third-order valence-electron chi connectivity index (χ3n) is 5.26. The first-order chi connectivity index (χ1) is 15.9. The van der Waals surface area contributed by atoms with Gasteiger partial charge >= 0.3 is 0 Å². The predicted molar refractivity (Wildman–Crippen MR) is 124 cm³/mol. The van der Waals surface area contributed by atoms with E-state index < -0.39 is 4.92 Å². The smallest absolute Gasteiger partial charge is 0.269 e. The molecule has 0 aromatic heterocycles. The quantitative estimate of drug-likeness (QED) is 0.334. The van der Waals surface area contributed by atoms with Crippen molar-refractivity contribution in [2.45, 2.75) is 13.0 Å². The van der Waals surface area contributed by atoms with Gasteiger partial charge in [0.2, 0.25) is 0 Å². The Morgan fingerprint density at radius 2 is 1.48 bits per heavy atom. The van der Waals surface area contributed by atoms with Crippen LogP contribution in [0.4, 0.5) is 5.69 Å². The maximum absolute atomic E-state index is 13.3. The SMILES string of the molecule is COc1ccc(CN(CCc2ccc(OC)c(OC)c2)C(=O)c2ccc([N+](=O)[O-])cc2)cc1. The Morgan fingerprint density at radius 1 is 0.848 bits per heavy atom. The summed E-state index contributed by atoms with van der Waals surface area (Å²) >= 11 is 0. The topological polar surface area (TPSA) is 91.1 Å². The number of nitro benzene ring substituents is 1. The Kier molecular flexibility index (Phi) is 7.86. The summed E-state index contributed by atoms with van der Waals surface area (Å²) in [4.78, 5) is 25.5. The number of nitrogens with zero attached hydrogens (tertiary/aromatic N) is 2. The summed E-state index contributed by atoms with van der Waals surface area (Å²) in [6.07, 6.45) is 0.592. The minimum absolute atomic E-state index is 0.0569. The molecule has 0 bridgehead atoms. The molecule has 0 fully saturated rings. The van der Waals surface area contributed by atoms with Crippen LogP contribution < -0.4 is 14.2 Å². The molecule has 3 aromatic carbocycles. The molecule has 0 saturated carbocycles. The fourth-order valence-corrected chi connectivity index (χ4v) is 3.41. The molecule has 3 aromatic rings. The second-order valence-corrected chi connectivity index (χ2v) is 7.32. The first-order valence-corrected chi connectivity index (χ1v) is 10.3. The molecule has 172 valence electrons. The zero-order valence-electron chi connectivity index (χ0n) is 18.8. The maximum atomic E-state index is 13.3. The van der Waals surface area contributed by atoms with Crippen molar-refractivity contribution in [1.82, 2.24) is 4.90 Å². The fraction of sp³-hybridized carbons (Fsp3) is 0.240. The largest absolute Gasteiger partial charge is 0.497 e. The van der Waals surface area contributed by atoms with Gasteiger partial charge in [0.25, 0.3) is 11.6 Å². The van der Waals surface area contributed by atoms with Crippen molar-refractivity contribution in [2.24, 2.45) is 0 Å². The number of ether oxygens (including phenoxy) is 3. The van der Waals surface area contributed by atoms with Gasteiger partial charge in [-0.15, -0.1) is 0 Å². The van der Waals surface area contributed by atoms with Gasteiger partial charge in [-0.3, -0.25) is 14.9 Å². The third-order valence-corrected chi connectivity index (χ3v) is 5.26. The number of amides is 1. The van der Waals surface area contributed by atoms with Crippen molar-refractivity contribution in [2.75, 3.05) is 27.9 Å². The van der Waals surface area contributed by atoms with Crippen molar-refractivity contribution in [3.63, 3.8) is 0 Å². The van der Waals surface area contributed by atoms with Crippen LogP contribution in [0.5, 0.6) is 17.2 Å². The number of benzene rings is 3. The van der Waals surface area contributed by atoms with Crippen LogP contribution in [0.15, 0.2) is 66.7 Å². The first-order valence-electron chi connectivity index (χ1n) is 10.3. The van der Waals surface area contributed by atoms with E-state index in [1.807, 2.05) is 42.5 Å². The van der Waals surface area contributed by atoms with Gasteiger partial charge in [0.1, 0.15) is 5.75 Å². The Balaban J connectivity index is 1.82. The summed E-state index contributed by atoms with van der Waals surface area (Å²) in [7, 11) is 4.76. The Hall–Kier alpha value is -4.07. The summed E-state index contributed by atoms with van der Waals surface area (Å²) < 4.78 is 15.9. The second kappa shape index (κ2) is 11.0. The number of carbonyl (C=O) groups excluding carboxylic acids is 1. The minimum Gasteiger partial charge on any atom is -0.497 e. The first kappa shape index (κ1) is 23.6. The molecule has 0 aliphatic carbocycles. The van der Waals surface area contributed by atoms with Crippen LogP contribution in [0, 0.1) is 10.1 Å². The number of hydrogen-bond donors (Lipinski definition) is 0. The predicted octanol–water partition coefficient (Wildman–Crippen LogP) is 4.51. The van der Waals surface area contributed by atoms with Crippen molar-refractivity contribution in [1.29, 1.82) is 0 Å². The van der Waals surface area contributed by atoms with Gasteiger partial charge in [0.05, 0.1) is 26.3 Å². The molecular formula is C25H26N2O6. The second-order valence-electron chi connectivity index (χ2n) is 7.32. The summed E-state index contributed by atoms with van der Waals surface area (Å²) in [5, 5.41) is 10.9. The lowest BCUT2D eigenvalue weighted by Gasteiger charge is -2.23.